The van der Waals surface area contributed by atoms with Crippen molar-refractivity contribution >= 4 is 36.0 Å². The number of esters is 1. The van der Waals surface area contributed by atoms with Gasteiger partial charge in [-0.05, 0) is 85.5 Å². The zero-order valence-electron chi connectivity index (χ0n) is 23.6. The van der Waals surface area contributed by atoms with Crippen LogP contribution in [0.4, 0.5) is 24.5 Å². The van der Waals surface area contributed by atoms with E-state index < -0.39 is 12.3 Å². The van der Waals surface area contributed by atoms with Crippen molar-refractivity contribution in [3.8, 4) is 11.5 Å². The van der Waals surface area contributed by atoms with Crippen LogP contribution in [-0.4, -0.2) is 50.3 Å². The fourth-order valence-corrected chi connectivity index (χ4v) is 3.22. The lowest BCUT2D eigenvalue weighted by Gasteiger charge is -2.07. The number of nitrogens with two attached hydrogens (primary N) is 2. The van der Waals surface area contributed by atoms with E-state index in [1.54, 1.807) is 31.4 Å². The summed E-state index contributed by atoms with van der Waals surface area (Å²) < 4.78 is 48.6. The molecule has 43 heavy (non-hydrogen) atoms. The Kier molecular flexibility index (Phi) is 16.9. The van der Waals surface area contributed by atoms with E-state index in [9.17, 15) is 27.6 Å². The second-order valence-electron chi connectivity index (χ2n) is 8.67. The van der Waals surface area contributed by atoms with Gasteiger partial charge in [0.2, 0.25) is 0 Å². The number of methoxy groups -OCH3 is 1. The van der Waals surface area contributed by atoms with Crippen LogP contribution in [0.2, 0.25) is 0 Å². The highest BCUT2D eigenvalue weighted by Crippen LogP contribution is 2.22. The number of carbonyl (C=O) groups excluding carboxylic acids is 3. The number of aldehydes is 2. The van der Waals surface area contributed by atoms with Crippen LogP contribution in [0, 0.1) is 0 Å². The van der Waals surface area contributed by atoms with Crippen LogP contribution in [0.15, 0.2) is 72.8 Å². The highest BCUT2D eigenvalue weighted by molar-refractivity contribution is 5.91. The second-order valence-corrected chi connectivity index (χ2v) is 8.67. The number of alkyl halides is 3. The summed E-state index contributed by atoms with van der Waals surface area (Å²) in [5.41, 5.74) is 13.8. The normalized spacial score (nSPS) is 10.4. The van der Waals surface area contributed by atoms with Crippen LogP contribution in [-0.2, 0) is 9.53 Å². The Morgan fingerprint density at radius 3 is 1.91 bits per heavy atom. The molecule has 5 N–H and O–H groups in total. The number of rotatable bonds is 12. The Bertz CT molecular complexity index is 1260. The maximum absolute atomic E-state index is 11.7. The average molecular weight is 605 g/mol. The van der Waals surface area contributed by atoms with Gasteiger partial charge in [0.05, 0.1) is 19.3 Å². The van der Waals surface area contributed by atoms with Crippen LogP contribution < -0.4 is 20.9 Å². The lowest BCUT2D eigenvalue weighted by atomic mass is 10.2. The summed E-state index contributed by atoms with van der Waals surface area (Å²) in [6.45, 7) is 0.585. The molecule has 3 rings (SSSR count). The van der Waals surface area contributed by atoms with Gasteiger partial charge in [-0.1, -0.05) is 24.6 Å². The van der Waals surface area contributed by atoms with Gasteiger partial charge in [0, 0.05) is 23.5 Å². The topological polar surface area (TPSA) is 151 Å². The number of aliphatic hydroxyl groups excluding tert-OH is 1. The number of unbranched alkanes of at least 4 members (excludes halogenated alkanes) is 3. The van der Waals surface area contributed by atoms with Gasteiger partial charge in [0.15, 0.2) is 0 Å². The Hall–Kier alpha value is -4.84. The number of halogens is 3. The van der Waals surface area contributed by atoms with Crippen LogP contribution >= 0.6 is 0 Å². The van der Waals surface area contributed by atoms with Crippen LogP contribution in [0.25, 0.3) is 6.08 Å². The zero-order chi connectivity index (χ0) is 32.1. The van der Waals surface area contributed by atoms with Gasteiger partial charge < -0.3 is 30.8 Å². The van der Waals surface area contributed by atoms with Crippen molar-refractivity contribution in [1.82, 2.24) is 0 Å². The molecule has 9 nitrogen and oxygen atoms in total. The van der Waals surface area contributed by atoms with Crippen molar-refractivity contribution in [2.24, 2.45) is 0 Å². The molecule has 0 unspecified atom stereocenters. The molecule has 0 spiro atoms. The zero-order valence-corrected chi connectivity index (χ0v) is 23.6. The Labute approximate surface area is 247 Å². The first-order valence-corrected chi connectivity index (χ1v) is 13.0. The summed E-state index contributed by atoms with van der Waals surface area (Å²) >= 11 is 0. The number of nitrogen functional groups attached to an aromatic ring is 2. The number of anilines is 2. The first-order valence-electron chi connectivity index (χ1n) is 13.0. The minimum Gasteiger partial charge on any atom is -0.497 e. The molecular formula is C31H35F3N2O7. The SMILES string of the molecule is COc1ccc(/C=C/C=O)cc1.Nc1cc(N)cc(C(=O)OCCCCCCO)c1.O=Cc1ccc(OC(F)(F)F)cc1. The van der Waals surface area contributed by atoms with Gasteiger partial charge in [-0.25, -0.2) is 4.79 Å². The molecule has 3 aromatic carbocycles. The highest BCUT2D eigenvalue weighted by atomic mass is 19.4. The Balaban J connectivity index is 0.000000331. The van der Waals surface area contributed by atoms with Crippen molar-refractivity contribution in [1.29, 1.82) is 0 Å². The lowest BCUT2D eigenvalue weighted by molar-refractivity contribution is -0.274. The van der Waals surface area contributed by atoms with E-state index in [-0.39, 0.29) is 12.4 Å². The predicted octanol–water partition coefficient (Wildman–Crippen LogP) is 5.87. The van der Waals surface area contributed by atoms with E-state index in [2.05, 4.69) is 4.74 Å². The summed E-state index contributed by atoms with van der Waals surface area (Å²) in [4.78, 5) is 31.8. The van der Waals surface area contributed by atoms with Gasteiger partial charge in [-0.2, -0.15) is 0 Å². The molecule has 0 aromatic heterocycles. The first-order chi connectivity index (χ1) is 20.5. The number of ether oxygens (including phenoxy) is 3. The number of aliphatic hydroxyl groups is 1. The van der Waals surface area contributed by atoms with E-state index in [1.807, 2.05) is 24.3 Å². The minimum atomic E-state index is -4.69. The molecule has 3 aromatic rings. The first kappa shape index (κ1) is 36.2. The molecule has 0 aliphatic heterocycles. The van der Waals surface area contributed by atoms with E-state index in [0.717, 1.165) is 55.4 Å². The summed E-state index contributed by atoms with van der Waals surface area (Å²) in [5, 5.41) is 8.60. The molecule has 0 heterocycles. The summed E-state index contributed by atoms with van der Waals surface area (Å²) in [6.07, 6.45) is 3.27. The minimum absolute atomic E-state index is 0.211. The quantitative estimate of drug-likeness (QED) is 0.0758. The van der Waals surface area contributed by atoms with Gasteiger partial charge in [0.25, 0.3) is 0 Å². The van der Waals surface area contributed by atoms with Crippen molar-refractivity contribution in [2.45, 2.75) is 32.0 Å². The van der Waals surface area contributed by atoms with Gasteiger partial charge in [-0.3, -0.25) is 9.59 Å². The monoisotopic (exact) mass is 604 g/mol. The van der Waals surface area contributed by atoms with Crippen LogP contribution in [0.5, 0.6) is 11.5 Å². The summed E-state index contributed by atoms with van der Waals surface area (Å²) in [6, 6.07) is 16.8. The van der Waals surface area contributed by atoms with E-state index in [1.165, 1.54) is 18.2 Å². The molecule has 0 radical (unpaired) electrons. The fraction of sp³-hybridized carbons (Fsp3) is 0.258. The molecule has 0 aliphatic rings. The summed E-state index contributed by atoms with van der Waals surface area (Å²) in [7, 11) is 1.62. The molecule has 232 valence electrons. The number of carbonyl (C=O) groups is 3. The number of allylic oxidation sites excluding steroid dienone is 1. The Morgan fingerprint density at radius 2 is 1.40 bits per heavy atom. The molecule has 0 atom stereocenters. The lowest BCUT2D eigenvalue weighted by Crippen LogP contribution is -2.16. The Morgan fingerprint density at radius 1 is 0.837 bits per heavy atom. The molecule has 0 saturated carbocycles. The molecule has 12 heteroatoms. The molecular weight excluding hydrogens is 569 g/mol. The molecule has 0 saturated heterocycles. The van der Waals surface area contributed by atoms with E-state index >= 15 is 0 Å². The number of hydrogen-bond acceptors (Lipinski definition) is 9. The van der Waals surface area contributed by atoms with E-state index in [0.29, 0.717) is 35.4 Å². The second kappa shape index (κ2) is 20.1. The van der Waals surface area contributed by atoms with Crippen molar-refractivity contribution < 1.29 is 46.9 Å². The average Bonchev–Trinajstić information content (AvgIpc) is 2.98. The van der Waals surface area contributed by atoms with Crippen LogP contribution in [0.3, 0.4) is 0 Å². The third-order valence-corrected chi connectivity index (χ3v) is 5.23. The van der Waals surface area contributed by atoms with Crippen molar-refractivity contribution in [3.63, 3.8) is 0 Å². The maximum Gasteiger partial charge on any atom is 0.573 e. The van der Waals surface area contributed by atoms with Crippen LogP contribution in [0.1, 0.15) is 52.0 Å². The van der Waals surface area contributed by atoms with Gasteiger partial charge >= 0.3 is 12.3 Å². The standard InChI is InChI=1S/C13H20N2O3.C10H10O2.C8H5F3O2/c14-11-7-10(8-12(15)9-11)13(17)18-6-4-2-1-3-5-16;1-12-10-6-4-9(5-7-10)3-2-8-11;9-8(10,11)13-7-3-1-6(5-12)2-4-7/h7-9,16H,1-6,14-15H2;2-8H,1H3;1-5H/b;3-2+;. The largest absolute Gasteiger partial charge is 0.573 e. The third kappa shape index (κ3) is 16.9. The van der Waals surface area contributed by atoms with Gasteiger partial charge in [-0.15, -0.1) is 13.2 Å². The number of benzene rings is 3. The third-order valence-electron chi connectivity index (χ3n) is 5.23. The number of hydrogen-bond donors (Lipinski definition) is 3. The molecule has 0 bridgehead atoms. The summed E-state index contributed by atoms with van der Waals surface area (Å²) in [5.74, 6) is 0.0764. The van der Waals surface area contributed by atoms with Crippen molar-refractivity contribution in [3.05, 3.63) is 89.5 Å². The van der Waals surface area contributed by atoms with Gasteiger partial charge in [0.1, 0.15) is 24.1 Å². The van der Waals surface area contributed by atoms with Crippen molar-refractivity contribution in [2.75, 3.05) is 31.8 Å². The molecule has 0 aliphatic carbocycles. The fourth-order valence-electron chi connectivity index (χ4n) is 3.22. The molecule has 0 fully saturated rings. The van der Waals surface area contributed by atoms with E-state index in [4.69, 9.17) is 26.0 Å². The highest BCUT2D eigenvalue weighted by Gasteiger charge is 2.30. The molecule has 0 amide bonds. The predicted molar refractivity (Wildman–Crippen MR) is 158 cm³/mol. The maximum atomic E-state index is 11.7. The smallest absolute Gasteiger partial charge is 0.497 e.